The zero-order valence-electron chi connectivity index (χ0n) is 13.2. The number of unbranched alkanes of at least 4 members (excludes halogenated alkanes) is 3. The van der Waals surface area contributed by atoms with E-state index in [1.165, 1.54) is 55.7 Å². The van der Waals surface area contributed by atoms with Crippen LogP contribution in [0.1, 0.15) is 59.3 Å². The molecule has 0 fully saturated rings. The van der Waals surface area contributed by atoms with Crippen LogP contribution >= 0.6 is 0 Å². The van der Waals surface area contributed by atoms with E-state index >= 15 is 0 Å². The van der Waals surface area contributed by atoms with Gasteiger partial charge in [-0.05, 0) is 0 Å². The molecule has 0 N–H and O–H groups in total. The number of tetrazole rings is 1. The molecule has 0 saturated heterocycles. The average Bonchev–Trinajstić information content (AvgIpc) is 2.85. The number of aromatic nitrogens is 4. The summed E-state index contributed by atoms with van der Waals surface area (Å²) in [6, 6.07) is 0. The summed E-state index contributed by atoms with van der Waals surface area (Å²) in [7, 11) is 1.90. The predicted octanol–water partition coefficient (Wildman–Crippen LogP) is 3.27. The molecule has 1 aromatic rings. The molecule has 0 spiro atoms. The van der Waals surface area contributed by atoms with Crippen molar-refractivity contribution in [3.8, 4) is 0 Å². The first-order valence-corrected chi connectivity index (χ1v) is 15.4. The predicted molar refractivity (Wildman–Crippen MR) is 83.3 cm³/mol. The first kappa shape index (κ1) is 16.9. The molecule has 0 aliphatic heterocycles. The zero-order valence-corrected chi connectivity index (χ0v) is 16.0. The van der Waals surface area contributed by atoms with Gasteiger partial charge in [-0.25, -0.2) is 0 Å². The Kier molecular flexibility index (Phi) is 7.95. The molecule has 0 amide bonds. The molecule has 0 saturated carbocycles. The summed E-state index contributed by atoms with van der Waals surface area (Å²) in [5.41, 5.74) is 0. The molecule has 0 aromatic carbocycles. The molecule has 0 unspecified atom stereocenters. The standard InChI is InChI=1S/3C4H9.C2H3N4.Sn/c3*1-3-4-2;1-6-4-2-3-5-6;/h3*1,3-4H2,2H3;1H3;. The molecular formula is C14H30N4Sn. The van der Waals surface area contributed by atoms with Crippen LogP contribution in [0.5, 0.6) is 0 Å². The van der Waals surface area contributed by atoms with E-state index < -0.39 is 18.4 Å². The van der Waals surface area contributed by atoms with Crippen LogP contribution < -0.4 is 3.84 Å². The molecule has 0 bridgehead atoms. The fourth-order valence-electron chi connectivity index (χ4n) is 2.75. The molecule has 0 aliphatic rings. The van der Waals surface area contributed by atoms with E-state index in [4.69, 9.17) is 0 Å². The Bertz CT molecular complexity index is 329. The van der Waals surface area contributed by atoms with Crippen LogP contribution in [-0.4, -0.2) is 38.6 Å². The van der Waals surface area contributed by atoms with Gasteiger partial charge in [-0.1, -0.05) is 0 Å². The third kappa shape index (κ3) is 5.04. The van der Waals surface area contributed by atoms with Crippen LogP contribution in [0.25, 0.3) is 0 Å². The van der Waals surface area contributed by atoms with Gasteiger partial charge in [-0.15, -0.1) is 0 Å². The van der Waals surface area contributed by atoms with E-state index in [1.807, 2.05) is 7.05 Å². The maximum absolute atomic E-state index is 4.63. The second kappa shape index (κ2) is 8.92. The molecule has 1 heterocycles. The van der Waals surface area contributed by atoms with Gasteiger partial charge in [-0.3, -0.25) is 0 Å². The van der Waals surface area contributed by atoms with Gasteiger partial charge in [0, 0.05) is 0 Å². The topological polar surface area (TPSA) is 43.6 Å². The number of hydrogen-bond acceptors (Lipinski definition) is 3. The van der Waals surface area contributed by atoms with Crippen molar-refractivity contribution in [2.24, 2.45) is 7.05 Å². The van der Waals surface area contributed by atoms with Crippen molar-refractivity contribution in [1.82, 2.24) is 20.2 Å². The first-order valence-electron chi connectivity index (χ1n) is 7.93. The van der Waals surface area contributed by atoms with Gasteiger partial charge in [0.05, 0.1) is 0 Å². The quantitative estimate of drug-likeness (QED) is 0.592. The molecular weight excluding hydrogens is 343 g/mol. The molecule has 0 atom stereocenters. The van der Waals surface area contributed by atoms with E-state index in [0.29, 0.717) is 0 Å². The number of nitrogens with zero attached hydrogens (tertiary/aromatic N) is 4. The summed E-state index contributed by atoms with van der Waals surface area (Å²) >= 11 is -2.38. The summed E-state index contributed by atoms with van der Waals surface area (Å²) in [5, 5.41) is 13.2. The second-order valence-corrected chi connectivity index (χ2v) is 18.6. The van der Waals surface area contributed by atoms with Crippen molar-refractivity contribution in [1.29, 1.82) is 0 Å². The Morgan fingerprint density at radius 3 is 1.68 bits per heavy atom. The summed E-state index contributed by atoms with van der Waals surface area (Å²) in [6.07, 6.45) is 7.91. The molecule has 0 aliphatic carbocycles. The van der Waals surface area contributed by atoms with E-state index in [2.05, 4.69) is 36.2 Å². The normalized spacial score (nSPS) is 12.0. The average molecular weight is 373 g/mol. The van der Waals surface area contributed by atoms with Crippen LogP contribution in [0.15, 0.2) is 0 Å². The Morgan fingerprint density at radius 2 is 1.37 bits per heavy atom. The third-order valence-electron chi connectivity index (χ3n) is 4.01. The number of rotatable bonds is 10. The van der Waals surface area contributed by atoms with Crippen LogP contribution in [0, 0.1) is 0 Å². The first-order chi connectivity index (χ1) is 9.18. The minimum atomic E-state index is -2.38. The molecule has 1 rings (SSSR count). The molecule has 5 heteroatoms. The summed E-state index contributed by atoms with van der Waals surface area (Å²) < 4.78 is 5.43. The van der Waals surface area contributed by atoms with Crippen LogP contribution in [0.3, 0.4) is 0 Å². The van der Waals surface area contributed by atoms with Gasteiger partial charge in [0.25, 0.3) is 0 Å². The Balaban J connectivity index is 2.93. The molecule has 110 valence electrons. The van der Waals surface area contributed by atoms with Gasteiger partial charge < -0.3 is 0 Å². The van der Waals surface area contributed by atoms with Crippen molar-refractivity contribution >= 4 is 22.2 Å². The van der Waals surface area contributed by atoms with Crippen LogP contribution in [0.2, 0.25) is 13.3 Å². The summed E-state index contributed by atoms with van der Waals surface area (Å²) in [6.45, 7) is 6.88. The number of hydrogen-bond donors (Lipinski definition) is 0. The van der Waals surface area contributed by atoms with Crippen molar-refractivity contribution in [3.63, 3.8) is 0 Å². The minimum absolute atomic E-state index is 1.19. The summed E-state index contributed by atoms with van der Waals surface area (Å²) in [4.78, 5) is 1.66. The van der Waals surface area contributed by atoms with Gasteiger partial charge >= 0.3 is 122 Å². The van der Waals surface area contributed by atoms with E-state index in [1.54, 1.807) is 4.80 Å². The van der Waals surface area contributed by atoms with Gasteiger partial charge in [-0.2, -0.15) is 0 Å². The Labute approximate surface area is 122 Å². The SMILES string of the molecule is CCC[CH2][Sn]([CH2]CCC)([CH2]CCC)[c]1nnn(C)n1. The van der Waals surface area contributed by atoms with Gasteiger partial charge in [0.15, 0.2) is 0 Å². The fraction of sp³-hybridized carbons (Fsp3) is 0.929. The van der Waals surface area contributed by atoms with Crippen molar-refractivity contribution in [2.75, 3.05) is 0 Å². The number of aryl methyl sites for hydroxylation is 1. The van der Waals surface area contributed by atoms with Crippen molar-refractivity contribution in [3.05, 3.63) is 0 Å². The molecule has 4 nitrogen and oxygen atoms in total. The molecule has 0 radical (unpaired) electrons. The maximum atomic E-state index is 4.63. The van der Waals surface area contributed by atoms with Gasteiger partial charge in [0.1, 0.15) is 0 Å². The third-order valence-corrected chi connectivity index (χ3v) is 18.5. The Hall–Kier alpha value is -0.131. The van der Waals surface area contributed by atoms with Crippen LogP contribution in [-0.2, 0) is 7.05 Å². The second-order valence-electron chi connectivity index (χ2n) is 5.69. The fourth-order valence-corrected chi connectivity index (χ4v) is 17.4. The van der Waals surface area contributed by atoms with E-state index in [9.17, 15) is 0 Å². The van der Waals surface area contributed by atoms with E-state index in [-0.39, 0.29) is 0 Å². The van der Waals surface area contributed by atoms with Crippen LogP contribution in [0.4, 0.5) is 0 Å². The summed E-state index contributed by atoms with van der Waals surface area (Å²) in [5.74, 6) is 0. The molecule has 19 heavy (non-hydrogen) atoms. The van der Waals surface area contributed by atoms with Crippen molar-refractivity contribution < 1.29 is 0 Å². The Morgan fingerprint density at radius 1 is 0.895 bits per heavy atom. The monoisotopic (exact) mass is 374 g/mol. The van der Waals surface area contributed by atoms with E-state index in [0.717, 1.165) is 0 Å². The molecule has 1 aromatic heterocycles. The zero-order chi connectivity index (χ0) is 14.1. The van der Waals surface area contributed by atoms with Crippen molar-refractivity contribution in [2.45, 2.75) is 72.6 Å². The van der Waals surface area contributed by atoms with Gasteiger partial charge in [0.2, 0.25) is 0 Å².